The zero-order chi connectivity index (χ0) is 13.6. The van der Waals surface area contributed by atoms with E-state index in [1.807, 2.05) is 18.5 Å². The summed E-state index contributed by atoms with van der Waals surface area (Å²) in [5.41, 5.74) is 1.25. The average molecular weight is 268 g/mol. The zero-order valence-corrected chi connectivity index (χ0v) is 11.6. The number of nitrogens with one attached hydrogen (secondary N) is 1. The third-order valence-corrected chi connectivity index (χ3v) is 3.69. The van der Waals surface area contributed by atoms with Gasteiger partial charge < -0.3 is 5.32 Å². The second-order valence-corrected chi connectivity index (χ2v) is 5.25. The fourth-order valence-corrected chi connectivity index (χ4v) is 2.56. The Balaban J connectivity index is 1.55. The lowest BCUT2D eigenvalue weighted by molar-refractivity contribution is 0.440. The molecule has 2 aromatic heterocycles. The molecule has 0 fully saturated rings. The highest BCUT2D eigenvalue weighted by molar-refractivity contribution is 5.26. The zero-order valence-electron chi connectivity index (χ0n) is 11.6. The van der Waals surface area contributed by atoms with Crippen LogP contribution in [0.1, 0.15) is 24.8 Å². The Labute approximate surface area is 119 Å². The molecule has 1 aliphatic rings. The molecule has 0 spiro atoms. The maximum absolute atomic E-state index is 4.34. The van der Waals surface area contributed by atoms with Gasteiger partial charge in [0.05, 0.1) is 0 Å². The predicted molar refractivity (Wildman–Crippen MR) is 79.5 cm³/mol. The Morgan fingerprint density at radius 2 is 2.30 bits per heavy atom. The van der Waals surface area contributed by atoms with Crippen LogP contribution in [0, 0.1) is 5.92 Å². The van der Waals surface area contributed by atoms with Gasteiger partial charge >= 0.3 is 0 Å². The number of pyridine rings is 1. The van der Waals surface area contributed by atoms with Gasteiger partial charge in [0.1, 0.15) is 0 Å². The molecule has 0 aromatic carbocycles. The monoisotopic (exact) mass is 268 g/mol. The Hall–Kier alpha value is -1.94. The molecule has 4 nitrogen and oxygen atoms in total. The van der Waals surface area contributed by atoms with Crippen LogP contribution in [0.5, 0.6) is 0 Å². The number of nitrogens with zero attached hydrogens (tertiary/aromatic N) is 3. The topological polar surface area (TPSA) is 42.7 Å². The highest BCUT2D eigenvalue weighted by atomic mass is 15.3. The molecule has 104 valence electrons. The molecule has 0 saturated carbocycles. The lowest BCUT2D eigenvalue weighted by atomic mass is 9.94. The first-order chi connectivity index (χ1) is 9.92. The van der Waals surface area contributed by atoms with E-state index in [-0.39, 0.29) is 0 Å². The molecular formula is C16H20N4. The van der Waals surface area contributed by atoms with Gasteiger partial charge in [0.25, 0.3) is 0 Å². The van der Waals surface area contributed by atoms with Crippen LogP contribution in [0.15, 0.2) is 48.9 Å². The molecular weight excluding hydrogens is 248 g/mol. The minimum absolute atomic E-state index is 0.785. The van der Waals surface area contributed by atoms with Crippen molar-refractivity contribution >= 4 is 0 Å². The Morgan fingerprint density at radius 3 is 3.10 bits per heavy atom. The fourth-order valence-electron chi connectivity index (χ4n) is 2.56. The summed E-state index contributed by atoms with van der Waals surface area (Å²) >= 11 is 0. The second kappa shape index (κ2) is 6.48. The van der Waals surface area contributed by atoms with Crippen molar-refractivity contribution in [3.63, 3.8) is 0 Å². The summed E-state index contributed by atoms with van der Waals surface area (Å²) in [4.78, 5) is 4.34. The maximum atomic E-state index is 4.34. The summed E-state index contributed by atoms with van der Waals surface area (Å²) in [7, 11) is 0. The van der Waals surface area contributed by atoms with Gasteiger partial charge in [-0.3, -0.25) is 0 Å². The van der Waals surface area contributed by atoms with Gasteiger partial charge in [0.15, 0.2) is 5.82 Å². The van der Waals surface area contributed by atoms with Crippen LogP contribution in [0.4, 0.5) is 0 Å². The number of allylic oxidation sites excluding steroid dienone is 2. The SMILES string of the molecule is C1=CCC(CNCc2ccnc(-n3cccn3)c2)CC1. The average Bonchev–Trinajstić information content (AvgIpc) is 3.03. The molecule has 1 aliphatic carbocycles. The van der Waals surface area contributed by atoms with Crippen LogP contribution in [-0.2, 0) is 6.54 Å². The first-order valence-electron chi connectivity index (χ1n) is 7.22. The van der Waals surface area contributed by atoms with Crippen molar-refractivity contribution in [2.75, 3.05) is 6.54 Å². The Bertz CT molecular complexity index is 560. The third kappa shape index (κ3) is 3.33. The molecule has 2 aromatic rings. The summed E-state index contributed by atoms with van der Waals surface area (Å²) in [6.45, 7) is 1.97. The molecule has 2 heterocycles. The number of hydrogen-bond acceptors (Lipinski definition) is 3. The van der Waals surface area contributed by atoms with Crippen LogP contribution < -0.4 is 5.32 Å². The molecule has 1 unspecified atom stereocenters. The van der Waals surface area contributed by atoms with Crippen molar-refractivity contribution in [2.24, 2.45) is 5.92 Å². The molecule has 1 atom stereocenters. The largest absolute Gasteiger partial charge is 0.312 e. The molecule has 20 heavy (non-hydrogen) atoms. The second-order valence-electron chi connectivity index (χ2n) is 5.25. The number of aromatic nitrogens is 3. The smallest absolute Gasteiger partial charge is 0.153 e. The summed E-state index contributed by atoms with van der Waals surface area (Å²) in [6.07, 6.45) is 13.9. The van der Waals surface area contributed by atoms with Crippen LogP contribution in [-0.4, -0.2) is 21.3 Å². The van der Waals surface area contributed by atoms with Crippen molar-refractivity contribution in [3.05, 3.63) is 54.5 Å². The maximum Gasteiger partial charge on any atom is 0.153 e. The van der Waals surface area contributed by atoms with Crippen molar-refractivity contribution in [2.45, 2.75) is 25.8 Å². The van der Waals surface area contributed by atoms with Crippen LogP contribution in [0.3, 0.4) is 0 Å². The van der Waals surface area contributed by atoms with Gasteiger partial charge in [-0.25, -0.2) is 9.67 Å². The number of rotatable bonds is 5. The van der Waals surface area contributed by atoms with E-state index in [1.165, 1.54) is 24.8 Å². The van der Waals surface area contributed by atoms with Gasteiger partial charge in [0.2, 0.25) is 0 Å². The summed E-state index contributed by atoms with van der Waals surface area (Å²) in [6, 6.07) is 6.05. The van der Waals surface area contributed by atoms with Crippen LogP contribution in [0.2, 0.25) is 0 Å². The van der Waals surface area contributed by atoms with E-state index in [0.29, 0.717) is 0 Å². The van der Waals surface area contributed by atoms with Gasteiger partial charge in [-0.15, -0.1) is 0 Å². The minimum atomic E-state index is 0.785. The molecule has 0 radical (unpaired) electrons. The van der Waals surface area contributed by atoms with Crippen molar-refractivity contribution in [1.29, 1.82) is 0 Å². The van der Waals surface area contributed by atoms with Crippen molar-refractivity contribution < 1.29 is 0 Å². The van der Waals surface area contributed by atoms with Crippen LogP contribution >= 0.6 is 0 Å². The standard InChI is InChI=1S/C16H20N4/c1-2-5-14(6-3-1)12-17-13-15-7-9-18-16(11-15)20-10-4-8-19-20/h1-2,4,7-11,14,17H,3,5-6,12-13H2. The Morgan fingerprint density at radius 1 is 1.30 bits per heavy atom. The third-order valence-electron chi connectivity index (χ3n) is 3.69. The van der Waals surface area contributed by atoms with E-state index >= 15 is 0 Å². The molecule has 0 amide bonds. The van der Waals surface area contributed by atoms with E-state index in [4.69, 9.17) is 0 Å². The molecule has 0 bridgehead atoms. The van der Waals surface area contributed by atoms with E-state index in [0.717, 1.165) is 24.8 Å². The molecule has 0 aliphatic heterocycles. The lowest BCUT2D eigenvalue weighted by Crippen LogP contribution is -2.23. The van der Waals surface area contributed by atoms with Crippen LogP contribution in [0.25, 0.3) is 5.82 Å². The first kappa shape index (κ1) is 13.1. The first-order valence-corrected chi connectivity index (χ1v) is 7.22. The summed E-state index contributed by atoms with van der Waals surface area (Å²) < 4.78 is 1.79. The number of hydrogen-bond donors (Lipinski definition) is 1. The van der Waals surface area contributed by atoms with E-state index < -0.39 is 0 Å². The fraction of sp³-hybridized carbons (Fsp3) is 0.375. The van der Waals surface area contributed by atoms with E-state index in [2.05, 4.69) is 39.7 Å². The van der Waals surface area contributed by atoms with Gasteiger partial charge in [-0.05, 0) is 55.5 Å². The van der Waals surface area contributed by atoms with Crippen molar-refractivity contribution in [3.8, 4) is 5.82 Å². The molecule has 3 rings (SSSR count). The predicted octanol–water partition coefficient (Wildman–Crippen LogP) is 2.71. The van der Waals surface area contributed by atoms with Gasteiger partial charge in [-0.1, -0.05) is 12.2 Å². The van der Waals surface area contributed by atoms with Gasteiger partial charge in [0, 0.05) is 25.1 Å². The highest BCUT2D eigenvalue weighted by Crippen LogP contribution is 2.17. The van der Waals surface area contributed by atoms with Gasteiger partial charge in [-0.2, -0.15) is 5.10 Å². The van der Waals surface area contributed by atoms with Crippen molar-refractivity contribution in [1.82, 2.24) is 20.1 Å². The van der Waals surface area contributed by atoms with E-state index in [9.17, 15) is 0 Å². The molecule has 0 saturated heterocycles. The minimum Gasteiger partial charge on any atom is -0.312 e. The summed E-state index contributed by atoms with van der Waals surface area (Å²) in [5.74, 6) is 1.65. The highest BCUT2D eigenvalue weighted by Gasteiger charge is 2.09. The summed E-state index contributed by atoms with van der Waals surface area (Å²) in [5, 5.41) is 7.76. The Kier molecular flexibility index (Phi) is 4.23. The molecule has 1 N–H and O–H groups in total. The quantitative estimate of drug-likeness (QED) is 0.848. The normalized spacial score (nSPS) is 18.3. The lowest BCUT2D eigenvalue weighted by Gasteiger charge is -2.18. The van der Waals surface area contributed by atoms with E-state index in [1.54, 1.807) is 10.9 Å². The molecule has 4 heteroatoms.